The number of benzene rings is 1. The molecule has 7 nitrogen and oxygen atoms in total. The van der Waals surface area contributed by atoms with E-state index in [4.69, 9.17) is 4.98 Å². The lowest BCUT2D eigenvalue weighted by atomic mass is 10.1. The molecular formula is C32H35N7. The van der Waals surface area contributed by atoms with E-state index in [1.54, 1.807) is 0 Å². The van der Waals surface area contributed by atoms with Gasteiger partial charge in [-0.2, -0.15) is 5.10 Å². The summed E-state index contributed by atoms with van der Waals surface area (Å²) in [5, 5.41) is 12.6. The smallest absolute Gasteiger partial charge is 0.135 e. The number of rotatable bonds is 9. The van der Waals surface area contributed by atoms with Crippen LogP contribution in [0.2, 0.25) is 0 Å². The van der Waals surface area contributed by atoms with Crippen LogP contribution in [-0.2, 0) is 0 Å². The molecule has 7 heteroatoms. The van der Waals surface area contributed by atoms with E-state index in [0.29, 0.717) is 0 Å². The van der Waals surface area contributed by atoms with Crippen LogP contribution in [0.1, 0.15) is 44.0 Å². The topological polar surface area (TPSA) is 87.2 Å². The lowest BCUT2D eigenvalue weighted by Gasteiger charge is -2.11. The third kappa shape index (κ3) is 5.10. The van der Waals surface area contributed by atoms with Gasteiger partial charge in [-0.15, -0.1) is 0 Å². The van der Waals surface area contributed by atoms with Crippen molar-refractivity contribution in [2.45, 2.75) is 39.5 Å². The maximum absolute atomic E-state index is 5.07. The third-order valence-electron chi connectivity index (χ3n) is 7.74. The van der Waals surface area contributed by atoms with Gasteiger partial charge < -0.3 is 14.9 Å². The van der Waals surface area contributed by atoms with Crippen LogP contribution in [0.5, 0.6) is 0 Å². The van der Waals surface area contributed by atoms with Gasteiger partial charge in [0.25, 0.3) is 0 Å². The Labute approximate surface area is 228 Å². The van der Waals surface area contributed by atoms with Crippen molar-refractivity contribution in [2.24, 2.45) is 5.92 Å². The van der Waals surface area contributed by atoms with Gasteiger partial charge >= 0.3 is 0 Å². The summed E-state index contributed by atoms with van der Waals surface area (Å²) in [5.41, 5.74) is 9.70. The molecule has 0 unspecified atom stereocenters. The van der Waals surface area contributed by atoms with Gasteiger partial charge in [0.1, 0.15) is 11.2 Å². The van der Waals surface area contributed by atoms with Crippen molar-refractivity contribution >= 4 is 27.5 Å². The van der Waals surface area contributed by atoms with Crippen LogP contribution >= 0.6 is 0 Å². The number of nitrogens with zero attached hydrogens (tertiary/aromatic N) is 4. The molecule has 6 rings (SSSR count). The number of fused-ring (bicyclic) bond motifs is 2. The van der Waals surface area contributed by atoms with Crippen LogP contribution in [0.15, 0.2) is 79.3 Å². The molecule has 39 heavy (non-hydrogen) atoms. The minimum absolute atomic E-state index is 0.803. The van der Waals surface area contributed by atoms with Crippen molar-refractivity contribution in [3.63, 3.8) is 0 Å². The van der Waals surface area contributed by atoms with Crippen LogP contribution in [0.4, 0.5) is 0 Å². The van der Waals surface area contributed by atoms with Crippen molar-refractivity contribution in [2.75, 3.05) is 13.1 Å². The van der Waals surface area contributed by atoms with E-state index in [0.717, 1.165) is 80.6 Å². The number of aryl methyl sites for hydroxylation is 1. The second-order valence-corrected chi connectivity index (χ2v) is 10.5. The van der Waals surface area contributed by atoms with Gasteiger partial charge in [-0.25, -0.2) is 9.97 Å². The SMILES string of the molecule is C=C/C(=C\C(=C/C)c1ccc2[nH]nc(-c3cc4c(-n5cnc(C)c5)cccc4[nH]3)c2n1)CNCC1CCCC1. The highest BCUT2D eigenvalue weighted by Gasteiger charge is 2.16. The van der Waals surface area contributed by atoms with Gasteiger partial charge in [0, 0.05) is 23.6 Å². The first-order valence-corrected chi connectivity index (χ1v) is 13.8. The predicted molar refractivity (Wildman–Crippen MR) is 160 cm³/mol. The summed E-state index contributed by atoms with van der Waals surface area (Å²) in [7, 11) is 0. The normalized spacial score (nSPS) is 15.1. The van der Waals surface area contributed by atoms with Crippen LogP contribution in [-0.4, -0.2) is 42.8 Å². The van der Waals surface area contributed by atoms with Crippen LogP contribution in [0.3, 0.4) is 0 Å². The zero-order valence-electron chi connectivity index (χ0n) is 22.7. The molecule has 0 aliphatic heterocycles. The Hall–Kier alpha value is -4.23. The number of hydrogen-bond acceptors (Lipinski definition) is 4. The van der Waals surface area contributed by atoms with E-state index in [-0.39, 0.29) is 0 Å². The van der Waals surface area contributed by atoms with Crippen molar-refractivity contribution < 1.29 is 0 Å². The van der Waals surface area contributed by atoms with E-state index < -0.39 is 0 Å². The second kappa shape index (κ2) is 10.9. The van der Waals surface area contributed by atoms with Gasteiger partial charge in [0.15, 0.2) is 0 Å². The predicted octanol–water partition coefficient (Wildman–Crippen LogP) is 6.90. The number of nitrogens with one attached hydrogen (secondary N) is 3. The Balaban J connectivity index is 1.30. The Bertz CT molecular complexity index is 1690. The van der Waals surface area contributed by atoms with Crippen LogP contribution < -0.4 is 5.32 Å². The fraction of sp³-hybridized carbons (Fsp3) is 0.281. The summed E-state index contributed by atoms with van der Waals surface area (Å²) in [4.78, 5) is 13.0. The minimum Gasteiger partial charge on any atom is -0.353 e. The lowest BCUT2D eigenvalue weighted by molar-refractivity contribution is 0.503. The van der Waals surface area contributed by atoms with E-state index in [2.05, 4.69) is 86.0 Å². The van der Waals surface area contributed by atoms with Crippen molar-refractivity contribution in [1.82, 2.24) is 35.0 Å². The molecule has 0 amide bonds. The van der Waals surface area contributed by atoms with Gasteiger partial charge in [0.2, 0.25) is 0 Å². The molecule has 0 radical (unpaired) electrons. The standard InChI is InChI=1S/C32H35N7/c1-4-22(17-33-18-23-9-6-7-10-23)15-24(5-2)26-13-14-28-31(36-26)32(38-37-28)29-16-25-27(35-29)11-8-12-30(25)39-19-21(3)34-20-39/h4-5,8,11-16,19-20,23,33,35H,1,6-7,9-10,17-18H2,2-3H3,(H,37,38)/b22-15+,24-5+. The Morgan fingerprint density at radius 1 is 1.18 bits per heavy atom. The van der Waals surface area contributed by atoms with Gasteiger partial charge in [0.05, 0.1) is 34.6 Å². The van der Waals surface area contributed by atoms with Gasteiger partial charge in [-0.05, 0) is 86.7 Å². The summed E-state index contributed by atoms with van der Waals surface area (Å²) in [5.74, 6) is 0.811. The highest BCUT2D eigenvalue weighted by Crippen LogP contribution is 2.31. The molecule has 4 aromatic heterocycles. The number of aromatic amines is 2. The summed E-state index contributed by atoms with van der Waals surface area (Å²) in [6.45, 7) is 9.99. The molecule has 1 aromatic carbocycles. The number of aromatic nitrogens is 6. The summed E-state index contributed by atoms with van der Waals surface area (Å²) >= 11 is 0. The summed E-state index contributed by atoms with van der Waals surface area (Å²) < 4.78 is 2.05. The van der Waals surface area contributed by atoms with E-state index in [9.17, 15) is 0 Å². The molecule has 0 spiro atoms. The number of H-pyrrole nitrogens is 2. The molecule has 1 saturated carbocycles. The van der Waals surface area contributed by atoms with Crippen LogP contribution in [0, 0.1) is 12.8 Å². The molecule has 4 heterocycles. The molecule has 5 aromatic rings. The molecule has 0 atom stereocenters. The monoisotopic (exact) mass is 517 g/mol. The lowest BCUT2D eigenvalue weighted by Crippen LogP contribution is -2.23. The Morgan fingerprint density at radius 3 is 2.82 bits per heavy atom. The maximum atomic E-state index is 5.07. The highest BCUT2D eigenvalue weighted by atomic mass is 15.1. The minimum atomic E-state index is 0.803. The molecule has 1 aliphatic carbocycles. The molecule has 1 fully saturated rings. The zero-order valence-corrected chi connectivity index (χ0v) is 22.7. The van der Waals surface area contributed by atoms with E-state index in [1.165, 1.54) is 25.7 Å². The maximum Gasteiger partial charge on any atom is 0.135 e. The van der Waals surface area contributed by atoms with Crippen molar-refractivity contribution in [1.29, 1.82) is 0 Å². The molecule has 198 valence electrons. The molecule has 1 aliphatic rings. The molecule has 0 bridgehead atoms. The average molecular weight is 518 g/mol. The third-order valence-corrected chi connectivity index (χ3v) is 7.74. The van der Waals surface area contributed by atoms with Gasteiger partial charge in [-0.3, -0.25) is 5.10 Å². The van der Waals surface area contributed by atoms with E-state index in [1.807, 2.05) is 31.6 Å². The fourth-order valence-electron chi connectivity index (χ4n) is 5.61. The molecule has 3 N–H and O–H groups in total. The zero-order chi connectivity index (χ0) is 26.8. The highest BCUT2D eigenvalue weighted by molar-refractivity contribution is 5.97. The number of allylic oxidation sites excluding steroid dienone is 3. The van der Waals surface area contributed by atoms with Crippen LogP contribution in [0.25, 0.3) is 44.6 Å². The summed E-state index contributed by atoms with van der Waals surface area (Å²) in [6, 6.07) is 12.5. The molecular weight excluding hydrogens is 482 g/mol. The van der Waals surface area contributed by atoms with Crippen molar-refractivity contribution in [3.05, 3.63) is 90.7 Å². The fourth-order valence-corrected chi connectivity index (χ4v) is 5.61. The number of hydrogen-bond donors (Lipinski definition) is 3. The second-order valence-electron chi connectivity index (χ2n) is 10.5. The number of pyridine rings is 1. The largest absolute Gasteiger partial charge is 0.353 e. The first kappa shape index (κ1) is 25.1. The summed E-state index contributed by atoms with van der Waals surface area (Å²) in [6.07, 6.45) is 15.5. The Morgan fingerprint density at radius 2 is 2.05 bits per heavy atom. The van der Waals surface area contributed by atoms with Crippen molar-refractivity contribution in [3.8, 4) is 17.1 Å². The van der Waals surface area contributed by atoms with Gasteiger partial charge in [-0.1, -0.05) is 37.6 Å². The quantitative estimate of drug-likeness (QED) is 0.186. The Kier molecular flexibility index (Phi) is 6.99. The number of imidazole rings is 1. The molecule has 0 saturated heterocycles. The average Bonchev–Trinajstić information content (AvgIpc) is 3.76. The first-order chi connectivity index (χ1) is 19.1. The first-order valence-electron chi connectivity index (χ1n) is 13.8. The van der Waals surface area contributed by atoms with E-state index >= 15 is 0 Å².